The Labute approximate surface area is 106 Å². The van der Waals surface area contributed by atoms with Crippen LogP contribution < -0.4 is 4.74 Å². The van der Waals surface area contributed by atoms with Crippen LogP contribution in [-0.4, -0.2) is 9.91 Å². The molecule has 0 unspecified atom stereocenters. The van der Waals surface area contributed by atoms with Crippen molar-refractivity contribution in [2.45, 2.75) is 13.5 Å². The van der Waals surface area contributed by atoms with E-state index in [0.29, 0.717) is 5.69 Å². The highest BCUT2D eigenvalue weighted by molar-refractivity contribution is 7.09. The van der Waals surface area contributed by atoms with E-state index < -0.39 is 10.7 Å². The van der Waals surface area contributed by atoms with E-state index in [2.05, 4.69) is 4.98 Å². The molecule has 18 heavy (non-hydrogen) atoms. The fraction of sp³-hybridized carbons (Fsp3) is 0.182. The Bertz CT molecular complexity index is 585. The van der Waals surface area contributed by atoms with Crippen LogP contribution in [0.2, 0.25) is 0 Å². The molecule has 94 valence electrons. The molecule has 0 aliphatic rings. The summed E-state index contributed by atoms with van der Waals surface area (Å²) < 4.78 is 18.7. The lowest BCUT2D eigenvalue weighted by Crippen LogP contribution is -1.98. The standard InChI is InChI=1S/C11H9FN2O3S/c1-7-13-8(6-18-7)5-17-11-3-2-9(14(15)16)4-10(11)12/h2-4,6H,5H2,1H3. The molecule has 0 saturated heterocycles. The number of aryl methyl sites for hydroxylation is 1. The zero-order valence-corrected chi connectivity index (χ0v) is 10.2. The fourth-order valence-corrected chi connectivity index (χ4v) is 1.94. The summed E-state index contributed by atoms with van der Waals surface area (Å²) in [4.78, 5) is 13.9. The molecular weight excluding hydrogens is 259 g/mol. The number of nitro groups is 1. The monoisotopic (exact) mass is 268 g/mol. The Hall–Kier alpha value is -2.02. The predicted octanol–water partition coefficient (Wildman–Crippen LogP) is 3.08. The van der Waals surface area contributed by atoms with Gasteiger partial charge in [0, 0.05) is 11.4 Å². The first-order valence-corrected chi connectivity index (χ1v) is 5.92. The normalized spacial score (nSPS) is 10.3. The van der Waals surface area contributed by atoms with E-state index in [-0.39, 0.29) is 18.0 Å². The second kappa shape index (κ2) is 5.09. The predicted molar refractivity (Wildman–Crippen MR) is 64.2 cm³/mol. The van der Waals surface area contributed by atoms with Crippen molar-refractivity contribution in [1.29, 1.82) is 0 Å². The SMILES string of the molecule is Cc1nc(COc2ccc([N+](=O)[O-])cc2F)cs1. The van der Waals surface area contributed by atoms with Crippen LogP contribution in [0.25, 0.3) is 0 Å². The molecule has 7 heteroatoms. The highest BCUT2D eigenvalue weighted by atomic mass is 32.1. The Morgan fingerprint density at radius 1 is 1.56 bits per heavy atom. The summed E-state index contributed by atoms with van der Waals surface area (Å²) in [5.74, 6) is -0.776. The number of hydrogen-bond donors (Lipinski definition) is 0. The number of benzene rings is 1. The van der Waals surface area contributed by atoms with E-state index in [4.69, 9.17) is 4.74 Å². The van der Waals surface area contributed by atoms with Gasteiger partial charge in [0.05, 0.1) is 21.7 Å². The lowest BCUT2D eigenvalue weighted by molar-refractivity contribution is -0.385. The summed E-state index contributed by atoms with van der Waals surface area (Å²) in [6.07, 6.45) is 0. The molecule has 0 spiro atoms. The van der Waals surface area contributed by atoms with Crippen molar-refractivity contribution >= 4 is 17.0 Å². The summed E-state index contributed by atoms with van der Waals surface area (Å²) >= 11 is 1.48. The number of hydrogen-bond acceptors (Lipinski definition) is 5. The van der Waals surface area contributed by atoms with Gasteiger partial charge < -0.3 is 4.74 Å². The maximum atomic E-state index is 13.5. The first-order valence-electron chi connectivity index (χ1n) is 5.04. The fourth-order valence-electron chi connectivity index (χ4n) is 1.35. The van der Waals surface area contributed by atoms with Gasteiger partial charge in [-0.2, -0.15) is 0 Å². The molecule has 0 amide bonds. The van der Waals surface area contributed by atoms with Gasteiger partial charge >= 0.3 is 0 Å². The van der Waals surface area contributed by atoms with Gasteiger partial charge in [-0.05, 0) is 13.0 Å². The van der Waals surface area contributed by atoms with Crippen molar-refractivity contribution in [1.82, 2.24) is 4.98 Å². The van der Waals surface area contributed by atoms with Crippen molar-refractivity contribution in [2.24, 2.45) is 0 Å². The highest BCUT2D eigenvalue weighted by Crippen LogP contribution is 2.23. The molecule has 1 aromatic carbocycles. The first kappa shape index (κ1) is 12.4. The average Bonchev–Trinajstić information content (AvgIpc) is 2.73. The number of ether oxygens (including phenoxy) is 1. The average molecular weight is 268 g/mol. The second-order valence-corrected chi connectivity index (χ2v) is 4.58. The van der Waals surface area contributed by atoms with Crippen LogP contribution in [0.3, 0.4) is 0 Å². The minimum absolute atomic E-state index is 0.0220. The zero-order chi connectivity index (χ0) is 13.1. The van der Waals surface area contributed by atoms with Crippen molar-refractivity contribution in [3.8, 4) is 5.75 Å². The maximum absolute atomic E-state index is 13.5. The lowest BCUT2D eigenvalue weighted by atomic mass is 10.3. The molecule has 0 aliphatic carbocycles. The van der Waals surface area contributed by atoms with Crippen LogP contribution in [0.15, 0.2) is 23.6 Å². The molecule has 0 bridgehead atoms. The van der Waals surface area contributed by atoms with E-state index in [9.17, 15) is 14.5 Å². The minimum Gasteiger partial charge on any atom is -0.484 e. The summed E-state index contributed by atoms with van der Waals surface area (Å²) in [5.41, 5.74) is 0.402. The van der Waals surface area contributed by atoms with Gasteiger partial charge in [0.2, 0.25) is 0 Å². The number of non-ortho nitro benzene ring substituents is 1. The van der Waals surface area contributed by atoms with Gasteiger partial charge in [-0.25, -0.2) is 9.37 Å². The molecule has 2 aromatic rings. The number of rotatable bonds is 4. The third-order valence-electron chi connectivity index (χ3n) is 2.17. The number of thiazole rings is 1. The topological polar surface area (TPSA) is 65.3 Å². The maximum Gasteiger partial charge on any atom is 0.272 e. The van der Waals surface area contributed by atoms with Crippen LogP contribution >= 0.6 is 11.3 Å². The molecule has 1 heterocycles. The number of nitro benzene ring substituents is 1. The smallest absolute Gasteiger partial charge is 0.272 e. The van der Waals surface area contributed by atoms with Gasteiger partial charge in [0.15, 0.2) is 11.6 Å². The Kier molecular flexibility index (Phi) is 3.52. The Morgan fingerprint density at radius 3 is 2.89 bits per heavy atom. The molecule has 0 aliphatic heterocycles. The van der Waals surface area contributed by atoms with E-state index in [1.807, 2.05) is 12.3 Å². The van der Waals surface area contributed by atoms with Gasteiger partial charge in [0.1, 0.15) is 6.61 Å². The molecule has 0 radical (unpaired) electrons. The largest absolute Gasteiger partial charge is 0.484 e. The summed E-state index contributed by atoms with van der Waals surface area (Å²) in [7, 11) is 0. The number of aromatic nitrogens is 1. The summed E-state index contributed by atoms with van der Waals surface area (Å²) in [6.45, 7) is 2.00. The molecule has 2 rings (SSSR count). The molecule has 0 fully saturated rings. The first-order chi connectivity index (χ1) is 8.56. The third-order valence-corrected chi connectivity index (χ3v) is 2.99. The van der Waals surface area contributed by atoms with Gasteiger partial charge in [0.25, 0.3) is 5.69 Å². The molecular formula is C11H9FN2O3S. The van der Waals surface area contributed by atoms with E-state index in [0.717, 1.165) is 11.1 Å². The van der Waals surface area contributed by atoms with Crippen LogP contribution in [0.4, 0.5) is 10.1 Å². The highest BCUT2D eigenvalue weighted by Gasteiger charge is 2.11. The Balaban J connectivity index is 2.08. The molecule has 0 atom stereocenters. The van der Waals surface area contributed by atoms with Crippen molar-refractivity contribution in [2.75, 3.05) is 0 Å². The van der Waals surface area contributed by atoms with Crippen molar-refractivity contribution < 1.29 is 14.1 Å². The summed E-state index contributed by atoms with van der Waals surface area (Å²) in [6, 6.07) is 3.28. The van der Waals surface area contributed by atoms with E-state index in [1.165, 1.54) is 23.5 Å². The minimum atomic E-state index is -0.754. The summed E-state index contributed by atoms with van der Waals surface area (Å²) in [5, 5.41) is 13.2. The Morgan fingerprint density at radius 2 is 2.33 bits per heavy atom. The van der Waals surface area contributed by atoms with Gasteiger partial charge in [-0.3, -0.25) is 10.1 Å². The lowest BCUT2D eigenvalue weighted by Gasteiger charge is -2.04. The van der Waals surface area contributed by atoms with Crippen LogP contribution in [0.1, 0.15) is 10.7 Å². The van der Waals surface area contributed by atoms with Crippen LogP contribution in [0.5, 0.6) is 5.75 Å². The molecule has 0 N–H and O–H groups in total. The van der Waals surface area contributed by atoms with Crippen LogP contribution in [0, 0.1) is 22.9 Å². The molecule has 5 nitrogen and oxygen atoms in total. The number of halogens is 1. The van der Waals surface area contributed by atoms with E-state index >= 15 is 0 Å². The number of nitrogens with zero attached hydrogens (tertiary/aromatic N) is 2. The van der Waals surface area contributed by atoms with Crippen molar-refractivity contribution in [3.63, 3.8) is 0 Å². The second-order valence-electron chi connectivity index (χ2n) is 3.52. The quantitative estimate of drug-likeness (QED) is 0.631. The van der Waals surface area contributed by atoms with E-state index in [1.54, 1.807) is 0 Å². The van der Waals surface area contributed by atoms with Crippen molar-refractivity contribution in [3.05, 3.63) is 50.2 Å². The van der Waals surface area contributed by atoms with Gasteiger partial charge in [-0.1, -0.05) is 0 Å². The molecule has 1 aromatic heterocycles. The third kappa shape index (κ3) is 2.80. The zero-order valence-electron chi connectivity index (χ0n) is 9.42. The molecule has 0 saturated carbocycles. The van der Waals surface area contributed by atoms with Gasteiger partial charge in [-0.15, -0.1) is 11.3 Å². The van der Waals surface area contributed by atoms with Crippen LogP contribution in [-0.2, 0) is 6.61 Å².